The first-order chi connectivity index (χ1) is 11.2. The van der Waals surface area contributed by atoms with Gasteiger partial charge < -0.3 is 10.6 Å². The minimum absolute atomic E-state index is 0.124. The molecule has 23 heavy (non-hydrogen) atoms. The number of carbonyl (C=O) groups is 2. The second-order valence-corrected chi connectivity index (χ2v) is 5.37. The van der Waals surface area contributed by atoms with Crippen LogP contribution in [0.5, 0.6) is 0 Å². The molecule has 0 bridgehead atoms. The van der Waals surface area contributed by atoms with Gasteiger partial charge in [-0.05, 0) is 11.1 Å². The number of nitrogens with one attached hydrogen (secondary N) is 2. The molecule has 2 rings (SSSR count). The lowest BCUT2D eigenvalue weighted by Gasteiger charge is -2.18. The van der Waals surface area contributed by atoms with E-state index in [1.807, 2.05) is 60.7 Å². The Morgan fingerprint density at radius 2 is 1.48 bits per heavy atom. The number of carbonyl (C=O) groups excluding carboxylic acids is 2. The lowest BCUT2D eigenvalue weighted by atomic mass is 10.0. The molecule has 2 aromatic rings. The average molecular weight is 310 g/mol. The monoisotopic (exact) mass is 310 g/mol. The number of rotatable bonds is 7. The number of hydrogen-bond donors (Lipinski definition) is 2. The summed E-state index contributed by atoms with van der Waals surface area (Å²) < 4.78 is 0. The van der Waals surface area contributed by atoms with E-state index in [0.717, 1.165) is 11.1 Å². The van der Waals surface area contributed by atoms with Gasteiger partial charge >= 0.3 is 0 Å². The van der Waals surface area contributed by atoms with Gasteiger partial charge in [0.2, 0.25) is 11.8 Å². The third-order valence-corrected chi connectivity index (χ3v) is 3.57. The molecule has 120 valence electrons. The van der Waals surface area contributed by atoms with Crippen molar-refractivity contribution >= 4 is 11.8 Å². The van der Waals surface area contributed by atoms with Crippen LogP contribution in [0.25, 0.3) is 0 Å². The van der Waals surface area contributed by atoms with Crippen LogP contribution in [0, 0.1) is 0 Å². The van der Waals surface area contributed by atoms with Crippen molar-refractivity contribution in [2.24, 2.45) is 0 Å². The quantitative estimate of drug-likeness (QED) is 0.825. The molecule has 2 aromatic carbocycles. The van der Waals surface area contributed by atoms with E-state index in [9.17, 15) is 9.59 Å². The van der Waals surface area contributed by atoms with Crippen molar-refractivity contribution in [3.8, 4) is 0 Å². The van der Waals surface area contributed by atoms with Crippen molar-refractivity contribution in [3.63, 3.8) is 0 Å². The maximum atomic E-state index is 12.4. The van der Waals surface area contributed by atoms with Crippen molar-refractivity contribution in [2.75, 3.05) is 0 Å². The molecule has 0 saturated carbocycles. The molecule has 0 aliphatic heterocycles. The van der Waals surface area contributed by atoms with Gasteiger partial charge in [-0.1, -0.05) is 67.6 Å². The molecular weight excluding hydrogens is 288 g/mol. The molecule has 0 fully saturated rings. The summed E-state index contributed by atoms with van der Waals surface area (Å²) in [5.74, 6) is -0.291. The molecule has 0 aliphatic rings. The van der Waals surface area contributed by atoms with Crippen LogP contribution in [0.15, 0.2) is 60.7 Å². The Morgan fingerprint density at radius 1 is 0.913 bits per heavy atom. The highest BCUT2D eigenvalue weighted by molar-refractivity contribution is 5.87. The molecule has 2 N–H and O–H groups in total. The fourth-order valence-corrected chi connectivity index (χ4v) is 2.26. The topological polar surface area (TPSA) is 58.2 Å². The molecule has 0 aromatic heterocycles. The first kappa shape index (κ1) is 16.7. The molecular formula is C19H22N2O2. The fraction of sp³-hybridized carbons (Fsp3) is 0.263. The van der Waals surface area contributed by atoms with Crippen LogP contribution in [0.3, 0.4) is 0 Å². The molecule has 4 heteroatoms. The first-order valence-corrected chi connectivity index (χ1v) is 7.84. The number of hydrogen-bond acceptors (Lipinski definition) is 2. The Hall–Kier alpha value is -2.62. The van der Waals surface area contributed by atoms with Crippen LogP contribution in [0.2, 0.25) is 0 Å². The van der Waals surface area contributed by atoms with Gasteiger partial charge in [-0.15, -0.1) is 0 Å². The highest BCUT2D eigenvalue weighted by Crippen LogP contribution is 2.05. The van der Waals surface area contributed by atoms with E-state index in [1.165, 1.54) is 0 Å². The van der Waals surface area contributed by atoms with Gasteiger partial charge in [0, 0.05) is 19.4 Å². The zero-order chi connectivity index (χ0) is 16.5. The lowest BCUT2D eigenvalue weighted by Crippen LogP contribution is -2.47. The largest absolute Gasteiger partial charge is 0.350 e. The van der Waals surface area contributed by atoms with E-state index in [-0.39, 0.29) is 11.8 Å². The summed E-state index contributed by atoms with van der Waals surface area (Å²) in [7, 11) is 0. The molecule has 2 amide bonds. The first-order valence-electron chi connectivity index (χ1n) is 7.84. The van der Waals surface area contributed by atoms with Gasteiger partial charge in [-0.2, -0.15) is 0 Å². The Bertz CT molecular complexity index is 626. The smallest absolute Gasteiger partial charge is 0.243 e. The molecule has 0 saturated heterocycles. The van der Waals surface area contributed by atoms with Gasteiger partial charge in [0.1, 0.15) is 6.04 Å². The lowest BCUT2D eigenvalue weighted by molar-refractivity contribution is -0.128. The molecule has 0 heterocycles. The van der Waals surface area contributed by atoms with Gasteiger partial charge in [-0.3, -0.25) is 9.59 Å². The van der Waals surface area contributed by atoms with Gasteiger partial charge in [0.25, 0.3) is 0 Å². The Morgan fingerprint density at radius 3 is 2.04 bits per heavy atom. The van der Waals surface area contributed by atoms with E-state index >= 15 is 0 Å². The third kappa shape index (κ3) is 5.58. The van der Waals surface area contributed by atoms with E-state index in [0.29, 0.717) is 19.4 Å². The predicted molar refractivity (Wildman–Crippen MR) is 90.7 cm³/mol. The zero-order valence-electron chi connectivity index (χ0n) is 13.3. The van der Waals surface area contributed by atoms with Gasteiger partial charge in [0.15, 0.2) is 0 Å². The van der Waals surface area contributed by atoms with Gasteiger partial charge in [-0.25, -0.2) is 0 Å². The summed E-state index contributed by atoms with van der Waals surface area (Å²) in [5.41, 5.74) is 2.05. The predicted octanol–water partition coefficient (Wildman–Crippen LogP) is 2.44. The zero-order valence-corrected chi connectivity index (χ0v) is 13.3. The summed E-state index contributed by atoms with van der Waals surface area (Å²) in [6.07, 6.45) is 0.838. The van der Waals surface area contributed by atoms with E-state index < -0.39 is 6.04 Å². The summed E-state index contributed by atoms with van der Waals surface area (Å²) in [6.45, 7) is 2.23. The van der Waals surface area contributed by atoms with Crippen LogP contribution in [0.1, 0.15) is 24.5 Å². The normalized spacial score (nSPS) is 11.5. The number of benzene rings is 2. The molecule has 0 aliphatic carbocycles. The van der Waals surface area contributed by atoms with Crippen LogP contribution in [-0.4, -0.2) is 17.9 Å². The van der Waals surface area contributed by atoms with Crippen molar-refractivity contribution in [2.45, 2.75) is 32.4 Å². The van der Waals surface area contributed by atoms with E-state index in [1.54, 1.807) is 6.92 Å². The second kappa shape index (κ2) is 8.73. The Balaban J connectivity index is 2.00. The summed E-state index contributed by atoms with van der Waals surface area (Å²) >= 11 is 0. The van der Waals surface area contributed by atoms with Crippen molar-refractivity contribution < 1.29 is 9.59 Å². The highest BCUT2D eigenvalue weighted by Gasteiger charge is 2.20. The SMILES string of the molecule is CCC(=O)NC(Cc1ccccc1)C(=O)NCc1ccccc1. The molecule has 1 atom stereocenters. The molecule has 0 radical (unpaired) electrons. The second-order valence-electron chi connectivity index (χ2n) is 5.37. The highest BCUT2D eigenvalue weighted by atomic mass is 16.2. The minimum atomic E-state index is -0.562. The molecule has 1 unspecified atom stereocenters. The van der Waals surface area contributed by atoms with Crippen LogP contribution in [-0.2, 0) is 22.6 Å². The molecule has 4 nitrogen and oxygen atoms in total. The minimum Gasteiger partial charge on any atom is -0.350 e. The summed E-state index contributed by atoms with van der Waals surface area (Å²) in [4.78, 5) is 24.1. The van der Waals surface area contributed by atoms with Crippen molar-refractivity contribution in [3.05, 3.63) is 71.8 Å². The Kier molecular flexibility index (Phi) is 6.36. The average Bonchev–Trinajstić information content (AvgIpc) is 2.60. The Labute approximate surface area is 136 Å². The number of amides is 2. The van der Waals surface area contributed by atoms with Crippen LogP contribution in [0.4, 0.5) is 0 Å². The van der Waals surface area contributed by atoms with E-state index in [4.69, 9.17) is 0 Å². The third-order valence-electron chi connectivity index (χ3n) is 3.57. The molecule has 0 spiro atoms. The summed E-state index contributed by atoms with van der Waals surface area (Å²) in [5, 5.41) is 5.70. The van der Waals surface area contributed by atoms with Crippen LogP contribution >= 0.6 is 0 Å². The maximum absolute atomic E-state index is 12.4. The van der Waals surface area contributed by atoms with Crippen molar-refractivity contribution in [1.29, 1.82) is 0 Å². The van der Waals surface area contributed by atoms with Gasteiger partial charge in [0.05, 0.1) is 0 Å². The maximum Gasteiger partial charge on any atom is 0.243 e. The van der Waals surface area contributed by atoms with E-state index in [2.05, 4.69) is 10.6 Å². The standard InChI is InChI=1S/C19H22N2O2/c1-2-18(22)21-17(13-15-9-5-3-6-10-15)19(23)20-14-16-11-7-4-8-12-16/h3-12,17H,2,13-14H2,1H3,(H,20,23)(H,21,22). The van der Waals surface area contributed by atoms with Crippen molar-refractivity contribution in [1.82, 2.24) is 10.6 Å². The van der Waals surface area contributed by atoms with Crippen LogP contribution < -0.4 is 10.6 Å². The fourth-order valence-electron chi connectivity index (χ4n) is 2.26. The summed E-state index contributed by atoms with van der Waals surface area (Å²) in [6, 6.07) is 18.8.